The van der Waals surface area contributed by atoms with Gasteiger partial charge in [-0.2, -0.15) is 0 Å². The number of hydrogen-bond acceptors (Lipinski definition) is 4. The van der Waals surface area contributed by atoms with Gasteiger partial charge >= 0.3 is 0 Å². The van der Waals surface area contributed by atoms with Gasteiger partial charge in [0.25, 0.3) is 0 Å². The van der Waals surface area contributed by atoms with Gasteiger partial charge in [-0.15, -0.1) is 0 Å². The van der Waals surface area contributed by atoms with Crippen LogP contribution in [0.1, 0.15) is 46.5 Å². The molecule has 0 amide bonds. The third-order valence-corrected chi connectivity index (χ3v) is 4.68. The molecule has 1 aliphatic rings. The molecule has 0 aliphatic carbocycles. The normalized spacial score (nSPS) is 23.7. The van der Waals surface area contributed by atoms with Crippen molar-refractivity contribution in [2.45, 2.75) is 64.1 Å². The summed E-state index contributed by atoms with van der Waals surface area (Å²) in [4.78, 5) is 4.90. The Hall–Kier alpha value is -0.160. The molecule has 0 saturated carbocycles. The average molecular weight is 285 g/mol. The zero-order valence-electron chi connectivity index (χ0n) is 14.2. The van der Waals surface area contributed by atoms with Crippen LogP contribution >= 0.6 is 0 Å². The summed E-state index contributed by atoms with van der Waals surface area (Å²) in [6.07, 6.45) is 4.49. The van der Waals surface area contributed by atoms with Gasteiger partial charge in [0.2, 0.25) is 0 Å². The number of rotatable bonds is 9. The molecule has 2 N–H and O–H groups in total. The lowest BCUT2D eigenvalue weighted by Crippen LogP contribution is -2.51. The zero-order valence-corrected chi connectivity index (χ0v) is 14.2. The number of hydrogen-bond donors (Lipinski definition) is 2. The molecule has 2 atom stereocenters. The predicted octanol–water partition coefficient (Wildman–Crippen LogP) is 1.54. The first-order chi connectivity index (χ1) is 9.42. The number of nitrogens with one attached hydrogen (secondary N) is 1. The fourth-order valence-electron chi connectivity index (χ4n) is 3.28. The molecule has 1 heterocycles. The van der Waals surface area contributed by atoms with Crippen LogP contribution in [0.25, 0.3) is 0 Å². The Labute approximate surface area is 125 Å². The Kier molecular flexibility index (Phi) is 7.45. The SMILES string of the molecule is CCC(CO)(CCCN1CCC(N(C)C)C1)NC(C)C. The highest BCUT2D eigenvalue weighted by Crippen LogP contribution is 2.20. The fraction of sp³-hybridized carbons (Fsp3) is 1.00. The molecule has 0 bridgehead atoms. The maximum atomic E-state index is 9.75. The van der Waals surface area contributed by atoms with Gasteiger partial charge in [-0.25, -0.2) is 0 Å². The first-order valence-corrected chi connectivity index (χ1v) is 8.20. The summed E-state index contributed by atoms with van der Waals surface area (Å²) in [5.41, 5.74) is -0.0885. The van der Waals surface area contributed by atoms with Crippen molar-refractivity contribution in [2.24, 2.45) is 0 Å². The lowest BCUT2D eigenvalue weighted by atomic mass is 9.90. The third-order valence-electron chi connectivity index (χ3n) is 4.68. The van der Waals surface area contributed by atoms with E-state index in [0.29, 0.717) is 6.04 Å². The molecule has 1 saturated heterocycles. The summed E-state index contributed by atoms with van der Waals surface area (Å²) in [7, 11) is 4.35. The first-order valence-electron chi connectivity index (χ1n) is 8.20. The van der Waals surface area contributed by atoms with Crippen molar-refractivity contribution < 1.29 is 5.11 Å². The standard InChI is InChI=1S/C16H35N3O/c1-6-16(13-20,17-14(2)3)9-7-10-19-11-8-15(12-19)18(4)5/h14-15,17,20H,6-13H2,1-5H3. The van der Waals surface area contributed by atoms with Crippen LogP contribution in [-0.2, 0) is 0 Å². The number of nitrogens with zero attached hydrogens (tertiary/aromatic N) is 2. The highest BCUT2D eigenvalue weighted by atomic mass is 16.3. The van der Waals surface area contributed by atoms with E-state index in [1.54, 1.807) is 0 Å². The minimum Gasteiger partial charge on any atom is -0.394 e. The predicted molar refractivity (Wildman–Crippen MR) is 86.1 cm³/mol. The smallest absolute Gasteiger partial charge is 0.0613 e. The molecule has 0 radical (unpaired) electrons. The van der Waals surface area contributed by atoms with E-state index < -0.39 is 0 Å². The van der Waals surface area contributed by atoms with E-state index in [9.17, 15) is 5.11 Å². The van der Waals surface area contributed by atoms with Crippen LogP contribution in [0.5, 0.6) is 0 Å². The van der Waals surface area contributed by atoms with Crippen molar-refractivity contribution in [1.29, 1.82) is 0 Å². The van der Waals surface area contributed by atoms with Crippen LogP contribution in [0, 0.1) is 0 Å². The number of aliphatic hydroxyl groups excluding tert-OH is 1. The van der Waals surface area contributed by atoms with Crippen LogP contribution in [0.4, 0.5) is 0 Å². The van der Waals surface area contributed by atoms with Crippen LogP contribution in [0.15, 0.2) is 0 Å². The van der Waals surface area contributed by atoms with Crippen molar-refractivity contribution in [3.8, 4) is 0 Å². The summed E-state index contributed by atoms with van der Waals surface area (Å²) in [6, 6.07) is 1.14. The second kappa shape index (κ2) is 8.32. The summed E-state index contributed by atoms with van der Waals surface area (Å²) >= 11 is 0. The van der Waals surface area contributed by atoms with Gasteiger partial charge in [-0.3, -0.25) is 0 Å². The number of aliphatic hydroxyl groups is 1. The second-order valence-electron chi connectivity index (χ2n) is 6.90. The molecule has 0 aromatic rings. The Balaban J connectivity index is 2.34. The molecule has 1 rings (SSSR count). The van der Waals surface area contributed by atoms with E-state index in [1.807, 2.05) is 0 Å². The molecule has 2 unspecified atom stereocenters. The molecular weight excluding hydrogens is 250 g/mol. The van der Waals surface area contributed by atoms with Gasteiger partial charge in [-0.1, -0.05) is 20.8 Å². The largest absolute Gasteiger partial charge is 0.394 e. The summed E-state index contributed by atoms with van der Waals surface area (Å²) in [6.45, 7) is 10.3. The molecule has 0 aromatic heterocycles. The lowest BCUT2D eigenvalue weighted by Gasteiger charge is -2.35. The van der Waals surface area contributed by atoms with E-state index in [1.165, 1.54) is 19.5 Å². The molecule has 4 nitrogen and oxygen atoms in total. The van der Waals surface area contributed by atoms with Gasteiger partial charge in [0.05, 0.1) is 6.61 Å². The maximum Gasteiger partial charge on any atom is 0.0613 e. The van der Waals surface area contributed by atoms with Crippen molar-refractivity contribution in [3.63, 3.8) is 0 Å². The summed E-state index contributed by atoms with van der Waals surface area (Å²) < 4.78 is 0. The monoisotopic (exact) mass is 285 g/mol. The third kappa shape index (κ3) is 5.32. The summed E-state index contributed by atoms with van der Waals surface area (Å²) in [5, 5.41) is 13.3. The molecular formula is C16H35N3O. The lowest BCUT2D eigenvalue weighted by molar-refractivity contribution is 0.131. The molecule has 1 aliphatic heterocycles. The first kappa shape index (κ1) is 17.9. The molecule has 120 valence electrons. The number of likely N-dealkylation sites (tertiary alicyclic amines) is 1. The van der Waals surface area contributed by atoms with Crippen molar-refractivity contribution >= 4 is 0 Å². The molecule has 0 aromatic carbocycles. The highest BCUT2D eigenvalue weighted by Gasteiger charge is 2.28. The van der Waals surface area contributed by atoms with Crippen molar-refractivity contribution in [3.05, 3.63) is 0 Å². The van der Waals surface area contributed by atoms with E-state index in [0.717, 1.165) is 31.8 Å². The van der Waals surface area contributed by atoms with Crippen LogP contribution in [0.3, 0.4) is 0 Å². The molecule has 4 heteroatoms. The van der Waals surface area contributed by atoms with Gasteiger partial charge in [0.15, 0.2) is 0 Å². The molecule has 20 heavy (non-hydrogen) atoms. The van der Waals surface area contributed by atoms with E-state index in [4.69, 9.17) is 0 Å². The Morgan fingerprint density at radius 2 is 2.10 bits per heavy atom. The second-order valence-corrected chi connectivity index (χ2v) is 6.90. The topological polar surface area (TPSA) is 38.7 Å². The average Bonchev–Trinajstić information content (AvgIpc) is 2.86. The van der Waals surface area contributed by atoms with Gasteiger partial charge in [0, 0.05) is 24.2 Å². The van der Waals surface area contributed by atoms with Crippen LogP contribution in [0.2, 0.25) is 0 Å². The quantitative estimate of drug-likeness (QED) is 0.674. The van der Waals surface area contributed by atoms with Crippen LogP contribution in [-0.4, -0.2) is 72.9 Å². The van der Waals surface area contributed by atoms with Crippen LogP contribution < -0.4 is 5.32 Å². The van der Waals surface area contributed by atoms with Crippen molar-refractivity contribution in [2.75, 3.05) is 40.3 Å². The Morgan fingerprint density at radius 1 is 1.40 bits per heavy atom. The highest BCUT2D eigenvalue weighted by molar-refractivity contribution is 4.88. The van der Waals surface area contributed by atoms with E-state index in [2.05, 4.69) is 50.0 Å². The van der Waals surface area contributed by atoms with Gasteiger partial charge < -0.3 is 20.2 Å². The fourth-order valence-corrected chi connectivity index (χ4v) is 3.28. The Morgan fingerprint density at radius 3 is 2.55 bits per heavy atom. The van der Waals surface area contributed by atoms with E-state index >= 15 is 0 Å². The van der Waals surface area contributed by atoms with Gasteiger partial charge in [0.1, 0.15) is 0 Å². The Bertz CT molecular complexity index is 264. The summed E-state index contributed by atoms with van der Waals surface area (Å²) in [5.74, 6) is 0. The zero-order chi connectivity index (χ0) is 15.2. The van der Waals surface area contributed by atoms with E-state index in [-0.39, 0.29) is 12.1 Å². The number of likely N-dealkylation sites (N-methyl/N-ethyl adjacent to an activating group) is 1. The van der Waals surface area contributed by atoms with Gasteiger partial charge in [-0.05, 0) is 52.9 Å². The minimum atomic E-state index is -0.0885. The van der Waals surface area contributed by atoms with Crippen molar-refractivity contribution in [1.82, 2.24) is 15.1 Å². The minimum absolute atomic E-state index is 0.0885. The molecule has 1 fully saturated rings. The maximum absolute atomic E-state index is 9.75. The molecule has 0 spiro atoms.